The van der Waals surface area contributed by atoms with E-state index in [1.807, 2.05) is 27.7 Å². The van der Waals surface area contributed by atoms with Gasteiger partial charge in [0.2, 0.25) is 0 Å². The summed E-state index contributed by atoms with van der Waals surface area (Å²) in [6.45, 7) is 8.49. The van der Waals surface area contributed by atoms with Gasteiger partial charge in [-0.25, -0.2) is 0 Å². The van der Waals surface area contributed by atoms with E-state index in [0.29, 0.717) is 6.61 Å². The molecular formula is C11H22O3. The first-order valence-electron chi connectivity index (χ1n) is 4.93. The zero-order valence-corrected chi connectivity index (χ0v) is 10.1. The van der Waals surface area contributed by atoms with Gasteiger partial charge in [-0.2, -0.15) is 0 Å². The molecule has 0 fully saturated rings. The molecule has 0 aromatic heterocycles. The molecule has 0 bridgehead atoms. The largest absolute Gasteiger partial charge is 0.469 e. The van der Waals surface area contributed by atoms with Gasteiger partial charge in [0.15, 0.2) is 0 Å². The summed E-state index contributed by atoms with van der Waals surface area (Å²) < 4.78 is 10.0. The fourth-order valence-corrected chi connectivity index (χ4v) is 1.80. The fourth-order valence-electron chi connectivity index (χ4n) is 1.80. The van der Waals surface area contributed by atoms with Crippen LogP contribution in [0.2, 0.25) is 0 Å². The standard InChI is InChI=1S/C11H22O3/c1-7-11(8-13-5,9(12)14-6)10(2,3)4/h7-8H2,1-6H3. The zero-order chi connectivity index (χ0) is 11.4. The van der Waals surface area contributed by atoms with E-state index in [0.717, 1.165) is 6.42 Å². The third-order valence-corrected chi connectivity index (χ3v) is 3.01. The van der Waals surface area contributed by atoms with Gasteiger partial charge in [-0.3, -0.25) is 4.79 Å². The zero-order valence-electron chi connectivity index (χ0n) is 10.1. The predicted octanol–water partition coefficient (Wildman–Crippen LogP) is 2.25. The molecule has 0 aromatic rings. The van der Waals surface area contributed by atoms with E-state index in [1.165, 1.54) is 7.11 Å². The minimum absolute atomic E-state index is 0.162. The third kappa shape index (κ3) is 2.27. The van der Waals surface area contributed by atoms with E-state index < -0.39 is 5.41 Å². The maximum atomic E-state index is 11.8. The third-order valence-electron chi connectivity index (χ3n) is 3.01. The first-order valence-corrected chi connectivity index (χ1v) is 4.93. The lowest BCUT2D eigenvalue weighted by Crippen LogP contribution is -2.46. The Kier molecular flexibility index (Phi) is 4.59. The number of rotatable bonds is 4. The molecule has 0 spiro atoms. The maximum Gasteiger partial charge on any atom is 0.314 e. The molecule has 0 aliphatic rings. The lowest BCUT2D eigenvalue weighted by Gasteiger charge is -2.40. The minimum Gasteiger partial charge on any atom is -0.469 e. The molecule has 0 rings (SSSR count). The molecule has 14 heavy (non-hydrogen) atoms. The summed E-state index contributed by atoms with van der Waals surface area (Å²) in [5, 5.41) is 0. The van der Waals surface area contributed by atoms with Crippen molar-refractivity contribution in [1.82, 2.24) is 0 Å². The molecule has 0 aliphatic carbocycles. The Bertz CT molecular complexity index is 193. The van der Waals surface area contributed by atoms with Gasteiger partial charge >= 0.3 is 5.97 Å². The predicted molar refractivity (Wildman–Crippen MR) is 56.1 cm³/mol. The van der Waals surface area contributed by atoms with Crippen LogP contribution < -0.4 is 0 Å². The summed E-state index contributed by atoms with van der Waals surface area (Å²) in [6, 6.07) is 0. The van der Waals surface area contributed by atoms with Crippen LogP contribution in [0.3, 0.4) is 0 Å². The SMILES string of the molecule is CCC(COC)(C(=O)OC)C(C)(C)C. The first-order chi connectivity index (χ1) is 6.35. The molecule has 1 atom stereocenters. The number of methoxy groups -OCH3 is 2. The second kappa shape index (κ2) is 4.78. The highest BCUT2D eigenvalue weighted by Crippen LogP contribution is 2.42. The Hall–Kier alpha value is -0.570. The molecular weight excluding hydrogens is 180 g/mol. The molecule has 1 unspecified atom stereocenters. The number of esters is 1. The topological polar surface area (TPSA) is 35.5 Å². The van der Waals surface area contributed by atoms with Gasteiger partial charge in [-0.1, -0.05) is 27.7 Å². The Balaban J connectivity index is 5.08. The normalized spacial score (nSPS) is 16.1. The van der Waals surface area contributed by atoms with Crippen LogP contribution in [0.1, 0.15) is 34.1 Å². The summed E-state index contributed by atoms with van der Waals surface area (Å²) in [5.74, 6) is -0.186. The van der Waals surface area contributed by atoms with Gasteiger partial charge in [0.25, 0.3) is 0 Å². The van der Waals surface area contributed by atoms with Crippen LogP contribution in [0.25, 0.3) is 0 Å². The smallest absolute Gasteiger partial charge is 0.314 e. The number of carbonyl (C=O) groups excluding carboxylic acids is 1. The van der Waals surface area contributed by atoms with E-state index in [1.54, 1.807) is 7.11 Å². The quantitative estimate of drug-likeness (QED) is 0.656. The fraction of sp³-hybridized carbons (Fsp3) is 0.909. The van der Waals surface area contributed by atoms with E-state index in [9.17, 15) is 4.79 Å². The highest BCUT2D eigenvalue weighted by Gasteiger charge is 2.48. The van der Waals surface area contributed by atoms with Gasteiger partial charge in [-0.15, -0.1) is 0 Å². The molecule has 3 nitrogen and oxygen atoms in total. The molecule has 84 valence electrons. The van der Waals surface area contributed by atoms with Gasteiger partial charge in [0.1, 0.15) is 0 Å². The van der Waals surface area contributed by atoms with E-state index in [4.69, 9.17) is 9.47 Å². The molecule has 0 heterocycles. The highest BCUT2D eigenvalue weighted by molar-refractivity contribution is 5.77. The first kappa shape index (κ1) is 13.4. The van der Waals surface area contributed by atoms with Crippen molar-refractivity contribution in [2.45, 2.75) is 34.1 Å². The molecule has 0 saturated heterocycles. The van der Waals surface area contributed by atoms with Gasteiger partial charge in [0, 0.05) is 7.11 Å². The van der Waals surface area contributed by atoms with Crippen molar-refractivity contribution >= 4 is 5.97 Å². The van der Waals surface area contributed by atoms with Crippen molar-refractivity contribution in [3.05, 3.63) is 0 Å². The monoisotopic (exact) mass is 202 g/mol. The summed E-state index contributed by atoms with van der Waals surface area (Å²) >= 11 is 0. The number of hydrogen-bond acceptors (Lipinski definition) is 3. The van der Waals surface area contributed by atoms with Crippen LogP contribution in [-0.4, -0.2) is 26.8 Å². The second-order valence-corrected chi connectivity index (χ2v) is 4.61. The van der Waals surface area contributed by atoms with Crippen LogP contribution in [0.15, 0.2) is 0 Å². The molecule has 0 aromatic carbocycles. The molecule has 0 radical (unpaired) electrons. The summed E-state index contributed by atoms with van der Waals surface area (Å²) in [6.07, 6.45) is 0.719. The van der Waals surface area contributed by atoms with E-state index in [2.05, 4.69) is 0 Å². The summed E-state index contributed by atoms with van der Waals surface area (Å²) in [7, 11) is 3.03. The number of carbonyl (C=O) groups is 1. The van der Waals surface area contributed by atoms with Crippen LogP contribution in [-0.2, 0) is 14.3 Å². The Morgan fingerprint density at radius 2 is 1.71 bits per heavy atom. The van der Waals surface area contributed by atoms with Crippen LogP contribution in [0.5, 0.6) is 0 Å². The lowest BCUT2D eigenvalue weighted by molar-refractivity contribution is -0.166. The van der Waals surface area contributed by atoms with Crippen LogP contribution in [0, 0.1) is 10.8 Å². The van der Waals surface area contributed by atoms with Gasteiger partial charge < -0.3 is 9.47 Å². The summed E-state index contributed by atoms with van der Waals surface area (Å²) in [5.41, 5.74) is -0.707. The summed E-state index contributed by atoms with van der Waals surface area (Å²) in [4.78, 5) is 11.8. The van der Waals surface area contributed by atoms with Crippen molar-refractivity contribution in [2.24, 2.45) is 10.8 Å². The number of hydrogen-bond donors (Lipinski definition) is 0. The number of ether oxygens (including phenoxy) is 2. The van der Waals surface area contributed by atoms with Crippen molar-refractivity contribution in [1.29, 1.82) is 0 Å². The minimum atomic E-state index is -0.545. The Morgan fingerprint density at radius 3 is 1.93 bits per heavy atom. The molecule has 0 N–H and O–H groups in total. The molecule has 0 saturated carbocycles. The maximum absolute atomic E-state index is 11.8. The molecule has 3 heteroatoms. The van der Waals surface area contributed by atoms with Crippen LogP contribution in [0.4, 0.5) is 0 Å². The average Bonchev–Trinajstić information content (AvgIpc) is 2.11. The van der Waals surface area contributed by atoms with Gasteiger partial charge in [-0.05, 0) is 11.8 Å². The van der Waals surface area contributed by atoms with E-state index >= 15 is 0 Å². The average molecular weight is 202 g/mol. The Morgan fingerprint density at radius 1 is 1.21 bits per heavy atom. The van der Waals surface area contributed by atoms with E-state index in [-0.39, 0.29) is 11.4 Å². The van der Waals surface area contributed by atoms with Crippen molar-refractivity contribution in [3.63, 3.8) is 0 Å². The van der Waals surface area contributed by atoms with Crippen molar-refractivity contribution in [2.75, 3.05) is 20.8 Å². The van der Waals surface area contributed by atoms with Gasteiger partial charge in [0.05, 0.1) is 19.1 Å². The molecule has 0 aliphatic heterocycles. The van der Waals surface area contributed by atoms with Crippen molar-refractivity contribution in [3.8, 4) is 0 Å². The second-order valence-electron chi connectivity index (χ2n) is 4.61. The Labute approximate surface area is 86.8 Å². The van der Waals surface area contributed by atoms with Crippen molar-refractivity contribution < 1.29 is 14.3 Å². The lowest BCUT2D eigenvalue weighted by atomic mass is 9.65. The highest BCUT2D eigenvalue weighted by atomic mass is 16.5. The molecule has 0 amide bonds. The van der Waals surface area contributed by atoms with Crippen LogP contribution >= 0.6 is 0 Å².